The van der Waals surface area contributed by atoms with E-state index < -0.39 is 16.0 Å². The molecule has 114 valence electrons. The van der Waals surface area contributed by atoms with Gasteiger partial charge in [-0.1, -0.05) is 30.3 Å². The lowest BCUT2D eigenvalue weighted by molar-refractivity contribution is -0.131. The summed E-state index contributed by atoms with van der Waals surface area (Å²) in [6.07, 6.45) is 2.30. The van der Waals surface area contributed by atoms with E-state index in [-0.39, 0.29) is 4.90 Å². The summed E-state index contributed by atoms with van der Waals surface area (Å²) in [5.74, 6) is -1.09. The van der Waals surface area contributed by atoms with Gasteiger partial charge in [0.15, 0.2) is 0 Å². The molecule has 2 N–H and O–H groups in total. The highest BCUT2D eigenvalue weighted by atomic mass is 32.2. The zero-order valence-electron chi connectivity index (χ0n) is 11.9. The molecule has 0 aliphatic rings. The van der Waals surface area contributed by atoms with Gasteiger partial charge in [0, 0.05) is 6.08 Å². The number of anilines is 1. The number of rotatable bonds is 5. The molecule has 0 heterocycles. The third kappa shape index (κ3) is 3.95. The van der Waals surface area contributed by atoms with E-state index in [0.717, 1.165) is 11.6 Å². The van der Waals surface area contributed by atoms with Crippen LogP contribution in [0.25, 0.3) is 6.08 Å². The molecular formula is C16H15NO4S. The van der Waals surface area contributed by atoms with E-state index in [1.165, 1.54) is 18.2 Å². The Balaban J connectivity index is 2.32. The molecular weight excluding hydrogens is 302 g/mol. The number of hydrogen-bond donors (Lipinski definition) is 2. The molecule has 0 aliphatic heterocycles. The van der Waals surface area contributed by atoms with E-state index in [4.69, 9.17) is 5.11 Å². The lowest BCUT2D eigenvalue weighted by Gasteiger charge is -2.10. The Labute approximate surface area is 129 Å². The van der Waals surface area contributed by atoms with Gasteiger partial charge in [0.1, 0.15) is 0 Å². The Kier molecular flexibility index (Phi) is 4.62. The van der Waals surface area contributed by atoms with Gasteiger partial charge in [-0.05, 0) is 42.3 Å². The molecule has 5 nitrogen and oxygen atoms in total. The van der Waals surface area contributed by atoms with Crippen LogP contribution in [0.2, 0.25) is 0 Å². The van der Waals surface area contributed by atoms with E-state index in [1.54, 1.807) is 24.3 Å². The van der Waals surface area contributed by atoms with Crippen molar-refractivity contribution in [1.82, 2.24) is 0 Å². The quantitative estimate of drug-likeness (QED) is 0.831. The van der Waals surface area contributed by atoms with Crippen LogP contribution in [0.3, 0.4) is 0 Å². The number of carbonyl (C=O) groups is 1. The molecule has 6 heteroatoms. The Bertz CT molecular complexity index is 826. The number of benzene rings is 2. The molecule has 2 aromatic rings. The van der Waals surface area contributed by atoms with Crippen LogP contribution in [0.1, 0.15) is 11.1 Å². The smallest absolute Gasteiger partial charge is 0.328 e. The molecule has 2 rings (SSSR count). The number of sulfonamides is 1. The summed E-state index contributed by atoms with van der Waals surface area (Å²) >= 11 is 0. The van der Waals surface area contributed by atoms with Gasteiger partial charge >= 0.3 is 5.97 Å². The van der Waals surface area contributed by atoms with Crippen LogP contribution < -0.4 is 4.72 Å². The Hall–Kier alpha value is -2.60. The molecule has 0 radical (unpaired) electrons. The molecule has 0 aliphatic carbocycles. The van der Waals surface area contributed by atoms with Gasteiger partial charge in [-0.15, -0.1) is 0 Å². The van der Waals surface area contributed by atoms with Crippen LogP contribution in [0, 0.1) is 6.92 Å². The van der Waals surface area contributed by atoms with Crippen LogP contribution in [0.4, 0.5) is 5.69 Å². The summed E-state index contributed by atoms with van der Waals surface area (Å²) in [5, 5.41) is 8.61. The largest absolute Gasteiger partial charge is 0.478 e. The zero-order chi connectivity index (χ0) is 16.2. The SMILES string of the molecule is Cc1ccccc1NS(=O)(=O)c1cccc(C=CC(=O)O)c1. The maximum atomic E-state index is 12.4. The second-order valence-corrected chi connectivity index (χ2v) is 6.35. The lowest BCUT2D eigenvalue weighted by Crippen LogP contribution is -2.13. The van der Waals surface area contributed by atoms with Crippen molar-refractivity contribution < 1.29 is 18.3 Å². The molecule has 22 heavy (non-hydrogen) atoms. The van der Waals surface area contributed by atoms with Crippen LogP contribution >= 0.6 is 0 Å². The van der Waals surface area contributed by atoms with Crippen molar-refractivity contribution in [2.24, 2.45) is 0 Å². The third-order valence-electron chi connectivity index (χ3n) is 2.98. The first kappa shape index (κ1) is 15.8. The fourth-order valence-corrected chi connectivity index (χ4v) is 3.03. The molecule has 0 saturated carbocycles. The number of aliphatic carboxylic acids is 1. The van der Waals surface area contributed by atoms with Crippen molar-refractivity contribution in [2.45, 2.75) is 11.8 Å². The molecule has 2 aromatic carbocycles. The van der Waals surface area contributed by atoms with Crippen LogP contribution in [0.5, 0.6) is 0 Å². The van der Waals surface area contributed by atoms with Crippen molar-refractivity contribution in [3.05, 3.63) is 65.7 Å². The minimum absolute atomic E-state index is 0.0725. The number of carboxylic acid groups (broad SMARTS) is 1. The predicted molar refractivity (Wildman–Crippen MR) is 85.1 cm³/mol. The first-order valence-electron chi connectivity index (χ1n) is 6.48. The summed E-state index contributed by atoms with van der Waals surface area (Å²) in [6.45, 7) is 1.81. The Morgan fingerprint density at radius 3 is 2.55 bits per heavy atom. The molecule has 0 atom stereocenters. The molecule has 0 bridgehead atoms. The average Bonchev–Trinajstić information content (AvgIpc) is 2.48. The molecule has 0 aromatic heterocycles. The Morgan fingerprint density at radius 2 is 1.86 bits per heavy atom. The summed E-state index contributed by atoms with van der Waals surface area (Å²) < 4.78 is 27.3. The molecule has 0 saturated heterocycles. The number of nitrogens with one attached hydrogen (secondary N) is 1. The van der Waals surface area contributed by atoms with E-state index >= 15 is 0 Å². The maximum Gasteiger partial charge on any atom is 0.328 e. The van der Waals surface area contributed by atoms with E-state index in [2.05, 4.69) is 4.72 Å². The third-order valence-corrected chi connectivity index (χ3v) is 4.34. The van der Waals surface area contributed by atoms with Gasteiger partial charge in [0.25, 0.3) is 10.0 Å². The maximum absolute atomic E-state index is 12.4. The highest BCUT2D eigenvalue weighted by Crippen LogP contribution is 2.20. The van der Waals surface area contributed by atoms with Gasteiger partial charge in [0.2, 0.25) is 0 Å². The van der Waals surface area contributed by atoms with Crippen molar-refractivity contribution in [3.8, 4) is 0 Å². The second-order valence-electron chi connectivity index (χ2n) is 4.66. The van der Waals surface area contributed by atoms with Gasteiger partial charge in [-0.3, -0.25) is 4.72 Å². The second kappa shape index (κ2) is 6.44. The summed E-state index contributed by atoms with van der Waals surface area (Å²) in [5.41, 5.74) is 1.82. The summed E-state index contributed by atoms with van der Waals surface area (Å²) in [7, 11) is -3.73. The Morgan fingerprint density at radius 1 is 1.14 bits per heavy atom. The number of aryl methyl sites for hydroxylation is 1. The molecule has 0 amide bonds. The van der Waals surface area contributed by atoms with E-state index in [0.29, 0.717) is 11.3 Å². The van der Waals surface area contributed by atoms with Crippen LogP contribution in [-0.2, 0) is 14.8 Å². The zero-order valence-corrected chi connectivity index (χ0v) is 12.7. The van der Waals surface area contributed by atoms with Crippen molar-refractivity contribution in [3.63, 3.8) is 0 Å². The summed E-state index contributed by atoms with van der Waals surface area (Å²) in [4.78, 5) is 10.6. The van der Waals surface area contributed by atoms with Crippen molar-refractivity contribution >= 4 is 27.8 Å². The van der Waals surface area contributed by atoms with E-state index in [9.17, 15) is 13.2 Å². The van der Waals surface area contributed by atoms with Gasteiger partial charge < -0.3 is 5.11 Å². The predicted octanol–water partition coefficient (Wildman–Crippen LogP) is 2.89. The number of carboxylic acids is 1. The standard InChI is InChI=1S/C16H15NO4S/c1-12-5-2-3-8-15(12)17-22(20,21)14-7-4-6-13(11-14)9-10-16(18)19/h2-11,17H,1H3,(H,18,19). The monoisotopic (exact) mass is 317 g/mol. The number of para-hydroxylation sites is 1. The van der Waals surface area contributed by atoms with Crippen LogP contribution in [0.15, 0.2) is 59.5 Å². The first-order chi connectivity index (χ1) is 10.4. The fraction of sp³-hybridized carbons (Fsp3) is 0.0625. The molecule has 0 spiro atoms. The van der Waals surface area contributed by atoms with E-state index in [1.807, 2.05) is 19.1 Å². The lowest BCUT2D eigenvalue weighted by atomic mass is 10.2. The van der Waals surface area contributed by atoms with Gasteiger partial charge in [0.05, 0.1) is 10.6 Å². The minimum Gasteiger partial charge on any atom is -0.478 e. The highest BCUT2D eigenvalue weighted by molar-refractivity contribution is 7.92. The van der Waals surface area contributed by atoms with Crippen molar-refractivity contribution in [2.75, 3.05) is 4.72 Å². The highest BCUT2D eigenvalue weighted by Gasteiger charge is 2.15. The first-order valence-corrected chi connectivity index (χ1v) is 7.96. The fourth-order valence-electron chi connectivity index (χ4n) is 1.84. The minimum atomic E-state index is -3.73. The normalized spacial score (nSPS) is 11.5. The van der Waals surface area contributed by atoms with Crippen LogP contribution in [-0.4, -0.2) is 19.5 Å². The topological polar surface area (TPSA) is 83.5 Å². The van der Waals surface area contributed by atoms with Gasteiger partial charge in [-0.2, -0.15) is 0 Å². The average molecular weight is 317 g/mol. The number of hydrogen-bond acceptors (Lipinski definition) is 3. The van der Waals surface area contributed by atoms with Crippen molar-refractivity contribution in [1.29, 1.82) is 0 Å². The summed E-state index contributed by atoms with van der Waals surface area (Å²) in [6, 6.07) is 13.1. The molecule has 0 unspecified atom stereocenters. The van der Waals surface area contributed by atoms with Gasteiger partial charge in [-0.25, -0.2) is 13.2 Å². The molecule has 0 fully saturated rings.